The Bertz CT molecular complexity index is 415. The van der Waals surface area contributed by atoms with Gasteiger partial charge >= 0.3 is 0 Å². The average molecular weight is 297 g/mol. The van der Waals surface area contributed by atoms with Crippen LogP contribution < -0.4 is 10.2 Å². The van der Waals surface area contributed by atoms with Gasteiger partial charge in [-0.05, 0) is 51.5 Å². The topological polar surface area (TPSA) is 15.3 Å². The zero-order valence-corrected chi connectivity index (χ0v) is 12.6. The predicted octanol–water partition coefficient (Wildman–Crippen LogP) is 3.33. The van der Waals surface area contributed by atoms with Crippen LogP contribution in [0.15, 0.2) is 22.7 Å². The van der Waals surface area contributed by atoms with E-state index in [9.17, 15) is 0 Å². The number of nitrogens with one attached hydrogen (secondary N) is 1. The molecule has 94 valence electrons. The molecule has 2 nitrogen and oxygen atoms in total. The molecule has 1 aliphatic rings. The molecule has 0 amide bonds. The van der Waals surface area contributed by atoms with Gasteiger partial charge in [0.2, 0.25) is 0 Å². The zero-order valence-electron chi connectivity index (χ0n) is 11.0. The quantitative estimate of drug-likeness (QED) is 0.855. The van der Waals surface area contributed by atoms with Gasteiger partial charge in [-0.15, -0.1) is 0 Å². The fourth-order valence-electron chi connectivity index (χ4n) is 2.44. The molecule has 3 heteroatoms. The lowest BCUT2D eigenvalue weighted by atomic mass is 9.98. The number of hydrogen-bond donors (Lipinski definition) is 1. The van der Waals surface area contributed by atoms with Crippen LogP contribution in [-0.4, -0.2) is 24.7 Å². The Labute approximate surface area is 113 Å². The number of anilines is 1. The second-order valence-electron chi connectivity index (χ2n) is 5.67. The van der Waals surface area contributed by atoms with Gasteiger partial charge in [0.25, 0.3) is 0 Å². The van der Waals surface area contributed by atoms with Crippen molar-refractivity contribution in [2.24, 2.45) is 0 Å². The molecule has 1 aliphatic heterocycles. The molecule has 1 fully saturated rings. The van der Waals surface area contributed by atoms with Crippen molar-refractivity contribution < 1.29 is 0 Å². The van der Waals surface area contributed by atoms with Gasteiger partial charge in [-0.25, -0.2) is 0 Å². The average Bonchev–Trinajstić information content (AvgIpc) is 2.22. The molecular formula is C14H21BrN2. The van der Waals surface area contributed by atoms with E-state index >= 15 is 0 Å². The standard InChI is InChI=1S/C14H21BrN2/c1-10-7-12(15)5-6-13(10)17-9-14(3,4)16-8-11(17)2/h5-7,11,16H,8-9H2,1-4H3. The largest absolute Gasteiger partial charge is 0.366 e. The Kier molecular flexibility index (Phi) is 3.50. The number of hydrogen-bond acceptors (Lipinski definition) is 2. The van der Waals surface area contributed by atoms with E-state index in [1.165, 1.54) is 11.3 Å². The van der Waals surface area contributed by atoms with Crippen molar-refractivity contribution in [1.29, 1.82) is 0 Å². The van der Waals surface area contributed by atoms with Crippen molar-refractivity contribution in [2.45, 2.75) is 39.3 Å². The summed E-state index contributed by atoms with van der Waals surface area (Å²) in [7, 11) is 0. The number of piperazine rings is 1. The van der Waals surface area contributed by atoms with E-state index in [1.807, 2.05) is 0 Å². The van der Waals surface area contributed by atoms with Crippen molar-refractivity contribution in [1.82, 2.24) is 5.32 Å². The fraction of sp³-hybridized carbons (Fsp3) is 0.571. The maximum absolute atomic E-state index is 3.59. The van der Waals surface area contributed by atoms with Crippen molar-refractivity contribution in [3.8, 4) is 0 Å². The second kappa shape index (κ2) is 4.62. The van der Waals surface area contributed by atoms with Crippen LogP contribution in [0.5, 0.6) is 0 Å². The molecule has 1 aromatic rings. The summed E-state index contributed by atoms with van der Waals surface area (Å²) in [5.74, 6) is 0. The van der Waals surface area contributed by atoms with Gasteiger partial charge in [0.1, 0.15) is 0 Å². The van der Waals surface area contributed by atoms with E-state index in [-0.39, 0.29) is 5.54 Å². The van der Waals surface area contributed by atoms with Crippen molar-refractivity contribution in [3.05, 3.63) is 28.2 Å². The van der Waals surface area contributed by atoms with E-state index in [0.717, 1.165) is 17.6 Å². The van der Waals surface area contributed by atoms with Gasteiger partial charge in [-0.3, -0.25) is 0 Å². The van der Waals surface area contributed by atoms with Crippen molar-refractivity contribution >= 4 is 21.6 Å². The van der Waals surface area contributed by atoms with Gasteiger partial charge in [-0.1, -0.05) is 15.9 Å². The minimum Gasteiger partial charge on any atom is -0.366 e. The molecule has 0 radical (unpaired) electrons. The fourth-order valence-corrected chi connectivity index (χ4v) is 2.91. The summed E-state index contributed by atoms with van der Waals surface area (Å²) < 4.78 is 1.15. The maximum atomic E-state index is 3.59. The van der Waals surface area contributed by atoms with E-state index in [0.29, 0.717) is 6.04 Å². The highest BCUT2D eigenvalue weighted by molar-refractivity contribution is 9.10. The highest BCUT2D eigenvalue weighted by Crippen LogP contribution is 2.28. The van der Waals surface area contributed by atoms with E-state index < -0.39 is 0 Å². The predicted molar refractivity (Wildman–Crippen MR) is 77.8 cm³/mol. The summed E-state index contributed by atoms with van der Waals surface area (Å²) in [5.41, 5.74) is 2.88. The Morgan fingerprint density at radius 3 is 2.76 bits per heavy atom. The second-order valence-corrected chi connectivity index (χ2v) is 6.59. The third-order valence-corrected chi connectivity index (χ3v) is 3.94. The monoisotopic (exact) mass is 296 g/mol. The van der Waals surface area contributed by atoms with Crippen LogP contribution in [0, 0.1) is 6.92 Å². The third kappa shape index (κ3) is 2.83. The van der Waals surface area contributed by atoms with Gasteiger partial charge < -0.3 is 10.2 Å². The zero-order chi connectivity index (χ0) is 12.6. The number of rotatable bonds is 1. The van der Waals surface area contributed by atoms with Crippen molar-refractivity contribution in [3.63, 3.8) is 0 Å². The highest BCUT2D eigenvalue weighted by Gasteiger charge is 2.30. The summed E-state index contributed by atoms with van der Waals surface area (Å²) in [6.07, 6.45) is 0. The lowest BCUT2D eigenvalue weighted by molar-refractivity contribution is 0.318. The molecule has 1 heterocycles. The molecule has 1 atom stereocenters. The van der Waals surface area contributed by atoms with Crippen LogP contribution in [-0.2, 0) is 0 Å². The van der Waals surface area contributed by atoms with Crippen LogP contribution >= 0.6 is 15.9 Å². The highest BCUT2D eigenvalue weighted by atomic mass is 79.9. The normalized spacial score (nSPS) is 23.8. The summed E-state index contributed by atoms with van der Waals surface area (Å²) in [6.45, 7) is 11.1. The molecule has 2 rings (SSSR count). The van der Waals surface area contributed by atoms with Gasteiger partial charge in [-0.2, -0.15) is 0 Å². The molecule has 17 heavy (non-hydrogen) atoms. The third-order valence-electron chi connectivity index (χ3n) is 3.44. The first kappa shape index (κ1) is 12.9. The molecule has 0 aromatic heterocycles. The van der Waals surface area contributed by atoms with E-state index in [2.05, 4.69) is 72.0 Å². The van der Waals surface area contributed by atoms with E-state index in [4.69, 9.17) is 0 Å². The maximum Gasteiger partial charge on any atom is 0.0400 e. The number of aryl methyl sites for hydroxylation is 1. The molecule has 0 aliphatic carbocycles. The van der Waals surface area contributed by atoms with Gasteiger partial charge in [0, 0.05) is 34.8 Å². The van der Waals surface area contributed by atoms with E-state index in [1.54, 1.807) is 0 Å². The molecule has 1 saturated heterocycles. The van der Waals surface area contributed by atoms with Crippen LogP contribution in [0.3, 0.4) is 0 Å². The summed E-state index contributed by atoms with van der Waals surface area (Å²) in [4.78, 5) is 2.51. The molecule has 1 unspecified atom stereocenters. The number of halogens is 1. The van der Waals surface area contributed by atoms with Crippen LogP contribution in [0.25, 0.3) is 0 Å². The summed E-state index contributed by atoms with van der Waals surface area (Å²) in [6, 6.07) is 7.08. The summed E-state index contributed by atoms with van der Waals surface area (Å²) in [5, 5.41) is 3.59. The van der Waals surface area contributed by atoms with Crippen molar-refractivity contribution in [2.75, 3.05) is 18.0 Å². The van der Waals surface area contributed by atoms with Crippen LogP contribution in [0.4, 0.5) is 5.69 Å². The van der Waals surface area contributed by atoms with Crippen LogP contribution in [0.2, 0.25) is 0 Å². The lowest BCUT2D eigenvalue weighted by Gasteiger charge is -2.45. The first-order valence-electron chi connectivity index (χ1n) is 6.17. The smallest absolute Gasteiger partial charge is 0.0400 e. The lowest BCUT2D eigenvalue weighted by Crippen LogP contribution is -2.61. The van der Waals surface area contributed by atoms with Gasteiger partial charge in [0.15, 0.2) is 0 Å². The Hall–Kier alpha value is -0.540. The first-order valence-corrected chi connectivity index (χ1v) is 6.96. The molecule has 0 spiro atoms. The number of benzene rings is 1. The SMILES string of the molecule is Cc1cc(Br)ccc1N1CC(C)(C)NCC1C. The Balaban J connectivity index is 2.31. The van der Waals surface area contributed by atoms with Gasteiger partial charge in [0.05, 0.1) is 0 Å². The Morgan fingerprint density at radius 1 is 1.41 bits per heavy atom. The number of nitrogens with zero attached hydrogens (tertiary/aromatic N) is 1. The minimum atomic E-state index is 0.187. The minimum absolute atomic E-state index is 0.187. The first-order chi connectivity index (χ1) is 7.89. The summed E-state index contributed by atoms with van der Waals surface area (Å²) >= 11 is 3.53. The Morgan fingerprint density at radius 2 is 2.12 bits per heavy atom. The molecule has 1 aromatic carbocycles. The van der Waals surface area contributed by atoms with Crippen LogP contribution in [0.1, 0.15) is 26.3 Å². The molecule has 1 N–H and O–H groups in total. The molecule has 0 saturated carbocycles. The molecular weight excluding hydrogens is 276 g/mol. The molecule has 0 bridgehead atoms.